The number of benzene rings is 2. The Kier molecular flexibility index (Phi) is 11.8. The molecule has 1 aromatic heterocycles. The second-order valence-electron chi connectivity index (χ2n) is 12.6. The van der Waals surface area contributed by atoms with E-state index in [0.29, 0.717) is 11.8 Å². The van der Waals surface area contributed by atoms with Crippen molar-refractivity contribution in [3.8, 4) is 11.1 Å². The van der Waals surface area contributed by atoms with Gasteiger partial charge in [0.05, 0.1) is 0 Å². The average molecular weight is 628 g/mol. The third-order valence-corrected chi connectivity index (χ3v) is 9.57. The van der Waals surface area contributed by atoms with Crippen molar-refractivity contribution in [1.29, 1.82) is 0 Å². The molecule has 2 aliphatic rings. The van der Waals surface area contributed by atoms with Crippen LogP contribution in [0.3, 0.4) is 0 Å². The van der Waals surface area contributed by atoms with Gasteiger partial charge in [-0.05, 0) is 89.6 Å². The number of hydrogen-bond acceptors (Lipinski definition) is 0. The van der Waals surface area contributed by atoms with E-state index in [-0.39, 0.29) is 0 Å². The first-order chi connectivity index (χ1) is 23.5. The number of aromatic nitrogens is 1. The second-order valence-corrected chi connectivity index (χ2v) is 12.6. The van der Waals surface area contributed by atoms with Gasteiger partial charge in [0, 0.05) is 23.9 Å². The summed E-state index contributed by atoms with van der Waals surface area (Å²) in [6, 6.07) is 26.7. The van der Waals surface area contributed by atoms with E-state index < -0.39 is 0 Å². The molecular formula is C47H49N. The minimum Gasteiger partial charge on any atom is -0.345 e. The zero-order valence-corrected chi connectivity index (χ0v) is 28.9. The summed E-state index contributed by atoms with van der Waals surface area (Å²) in [5, 5.41) is 0. The van der Waals surface area contributed by atoms with Gasteiger partial charge in [-0.2, -0.15) is 0 Å². The number of hydrogen-bond donors (Lipinski definition) is 0. The number of fused-ring (bicyclic) bond motifs is 2. The highest BCUT2D eigenvalue weighted by Crippen LogP contribution is 2.45. The minimum atomic E-state index is 0.305. The third-order valence-electron chi connectivity index (χ3n) is 9.57. The van der Waals surface area contributed by atoms with Crippen LogP contribution < -0.4 is 0 Å². The van der Waals surface area contributed by atoms with Crippen LogP contribution in [0.5, 0.6) is 0 Å². The number of allylic oxidation sites excluding steroid dienone is 14. The fraction of sp³-hybridized carbons (Fsp3) is 0.191. The number of aryl methyl sites for hydroxylation is 1. The molecule has 0 N–H and O–H groups in total. The van der Waals surface area contributed by atoms with Gasteiger partial charge >= 0.3 is 0 Å². The van der Waals surface area contributed by atoms with Gasteiger partial charge in [0.2, 0.25) is 0 Å². The normalized spacial score (nSPS) is 17.2. The van der Waals surface area contributed by atoms with E-state index in [4.69, 9.17) is 0 Å². The van der Waals surface area contributed by atoms with Crippen LogP contribution in [0.2, 0.25) is 0 Å². The van der Waals surface area contributed by atoms with Crippen LogP contribution in [0, 0.1) is 12.8 Å². The molecule has 0 amide bonds. The van der Waals surface area contributed by atoms with E-state index in [1.807, 2.05) is 24.3 Å². The lowest BCUT2D eigenvalue weighted by atomic mass is 9.70. The zero-order chi connectivity index (χ0) is 33.9. The molecule has 0 radical (unpaired) electrons. The lowest BCUT2D eigenvalue weighted by Gasteiger charge is -2.34. The largest absolute Gasteiger partial charge is 0.345 e. The maximum absolute atomic E-state index is 4.49. The SMILES string of the molecule is C=C/C=C\C=C/Cn1c(C)cc(-c2ccc(C(=C)/C=C\C3C(C)=C(/C=C\C=C)c4ccccc4C3CC)cc2)cccc2c1CCC=C2. The molecule has 2 unspecified atom stereocenters. The molecule has 5 rings (SSSR count). The predicted octanol–water partition coefficient (Wildman–Crippen LogP) is 12.8. The third kappa shape index (κ3) is 7.86. The van der Waals surface area contributed by atoms with Crippen LogP contribution >= 0.6 is 0 Å². The first-order valence-electron chi connectivity index (χ1n) is 17.2. The van der Waals surface area contributed by atoms with E-state index in [1.54, 1.807) is 6.08 Å². The maximum Gasteiger partial charge on any atom is 0.0408 e. The van der Waals surface area contributed by atoms with Crippen molar-refractivity contribution >= 4 is 17.2 Å². The van der Waals surface area contributed by atoms with Crippen molar-refractivity contribution in [2.45, 2.75) is 52.5 Å². The van der Waals surface area contributed by atoms with E-state index in [2.05, 4.69) is 160 Å². The second kappa shape index (κ2) is 16.6. The summed E-state index contributed by atoms with van der Waals surface area (Å²) in [6.07, 6.45) is 28.5. The summed E-state index contributed by atoms with van der Waals surface area (Å²) >= 11 is 0. The molecule has 242 valence electrons. The van der Waals surface area contributed by atoms with Crippen LogP contribution in [0.25, 0.3) is 28.3 Å². The Morgan fingerprint density at radius 3 is 2.44 bits per heavy atom. The smallest absolute Gasteiger partial charge is 0.0408 e. The van der Waals surface area contributed by atoms with Crippen LogP contribution in [-0.4, -0.2) is 4.57 Å². The molecule has 0 bridgehead atoms. The van der Waals surface area contributed by atoms with Gasteiger partial charge in [-0.25, -0.2) is 0 Å². The molecule has 3 aromatic rings. The average Bonchev–Trinajstić information content (AvgIpc) is 3.18. The highest BCUT2D eigenvalue weighted by atomic mass is 15.0. The Morgan fingerprint density at radius 1 is 0.875 bits per heavy atom. The van der Waals surface area contributed by atoms with Gasteiger partial charge in [-0.3, -0.25) is 0 Å². The van der Waals surface area contributed by atoms with Crippen molar-refractivity contribution in [2.24, 2.45) is 5.92 Å². The predicted molar refractivity (Wildman–Crippen MR) is 211 cm³/mol. The Hall–Kier alpha value is -5.14. The Labute approximate surface area is 289 Å². The Morgan fingerprint density at radius 2 is 1.67 bits per heavy atom. The molecule has 0 fully saturated rings. The van der Waals surface area contributed by atoms with Crippen molar-refractivity contribution in [3.05, 3.63) is 199 Å². The van der Waals surface area contributed by atoms with Crippen molar-refractivity contribution in [2.75, 3.05) is 0 Å². The molecule has 1 heterocycles. The first kappa shape index (κ1) is 34.2. The van der Waals surface area contributed by atoms with Crippen molar-refractivity contribution < 1.29 is 0 Å². The number of nitrogens with zero attached hydrogens (tertiary/aromatic N) is 1. The van der Waals surface area contributed by atoms with E-state index in [0.717, 1.165) is 36.9 Å². The quantitative estimate of drug-likeness (QED) is 0.186. The van der Waals surface area contributed by atoms with E-state index in [9.17, 15) is 0 Å². The summed E-state index contributed by atoms with van der Waals surface area (Å²) in [5.41, 5.74) is 13.9. The standard InChI is InChI=1S/C47H49N/c1-7-10-12-13-18-33-48-36(5)34-41(22-19-21-40-20-14-17-26-47(40)48)39-30-28-38(29-31-39)35(4)27-32-44-37(6)43(23-11-8-2)46-25-16-15-24-45(46)42(44)9-3/h7-8,10-16,18-25,27-32,34,42,44H,1-2,4,9,17,26,33H2,3,5-6H3/b12-10-,18-13-,21-19?,23-11-,32-27-,36-34?,41-22?. The lowest BCUT2D eigenvalue weighted by Crippen LogP contribution is -2.19. The molecule has 0 aliphatic heterocycles. The fourth-order valence-corrected chi connectivity index (χ4v) is 7.04. The highest BCUT2D eigenvalue weighted by molar-refractivity contribution is 5.82. The van der Waals surface area contributed by atoms with Crippen molar-refractivity contribution in [3.63, 3.8) is 0 Å². The van der Waals surface area contributed by atoms with Gasteiger partial charge in [0.15, 0.2) is 0 Å². The summed E-state index contributed by atoms with van der Waals surface area (Å²) < 4.78 is 2.45. The van der Waals surface area contributed by atoms with E-state index in [1.165, 1.54) is 50.4 Å². The molecule has 1 heteroatoms. The summed E-state index contributed by atoms with van der Waals surface area (Å²) in [6.45, 7) is 19.8. The van der Waals surface area contributed by atoms with Crippen molar-refractivity contribution in [1.82, 2.24) is 4.57 Å². The van der Waals surface area contributed by atoms with Gasteiger partial charge in [0.25, 0.3) is 0 Å². The van der Waals surface area contributed by atoms with Crippen LogP contribution in [0.4, 0.5) is 0 Å². The first-order valence-corrected chi connectivity index (χ1v) is 17.2. The van der Waals surface area contributed by atoms with Crippen LogP contribution in [-0.2, 0) is 13.0 Å². The maximum atomic E-state index is 4.49. The molecule has 2 aromatic carbocycles. The van der Waals surface area contributed by atoms with Crippen LogP contribution in [0.1, 0.15) is 66.2 Å². The summed E-state index contributed by atoms with van der Waals surface area (Å²) in [5.74, 6) is 0.737. The number of rotatable bonds is 11. The van der Waals surface area contributed by atoms with Gasteiger partial charge in [-0.15, -0.1) is 0 Å². The summed E-state index contributed by atoms with van der Waals surface area (Å²) in [7, 11) is 0. The van der Waals surface area contributed by atoms with Gasteiger partial charge < -0.3 is 4.57 Å². The van der Waals surface area contributed by atoms with Gasteiger partial charge in [-0.1, -0.05) is 172 Å². The molecule has 2 aliphatic carbocycles. The molecule has 0 spiro atoms. The van der Waals surface area contributed by atoms with Crippen LogP contribution in [0.15, 0.2) is 165 Å². The minimum absolute atomic E-state index is 0.305. The zero-order valence-electron chi connectivity index (χ0n) is 28.9. The molecule has 2 atom stereocenters. The highest BCUT2D eigenvalue weighted by Gasteiger charge is 2.30. The molecular weight excluding hydrogens is 579 g/mol. The topological polar surface area (TPSA) is 4.93 Å². The Bertz CT molecular complexity index is 1890. The molecule has 0 saturated carbocycles. The lowest BCUT2D eigenvalue weighted by molar-refractivity contribution is 0.544. The molecule has 0 saturated heterocycles. The van der Waals surface area contributed by atoms with E-state index >= 15 is 0 Å². The summed E-state index contributed by atoms with van der Waals surface area (Å²) in [4.78, 5) is 0. The Balaban J connectivity index is 1.44. The molecule has 1 nitrogen and oxygen atoms in total. The van der Waals surface area contributed by atoms with Gasteiger partial charge in [0.1, 0.15) is 0 Å². The monoisotopic (exact) mass is 627 g/mol. The fourth-order valence-electron chi connectivity index (χ4n) is 7.04. The molecule has 48 heavy (non-hydrogen) atoms.